The fraction of sp³-hybridized carbons (Fsp3) is 0.500. The quantitative estimate of drug-likeness (QED) is 0.542. The molecule has 1 nitrogen and oxygen atoms in total. The van der Waals surface area contributed by atoms with E-state index in [1.165, 1.54) is 0 Å². The van der Waals surface area contributed by atoms with Crippen molar-refractivity contribution in [3.8, 4) is 0 Å². The van der Waals surface area contributed by atoms with Crippen LogP contribution in [-0.2, 0) is 0 Å². The van der Waals surface area contributed by atoms with Crippen LogP contribution in [0.1, 0.15) is 11.9 Å². The molecule has 0 heterocycles. The van der Waals surface area contributed by atoms with Crippen LogP contribution in [0.4, 0.5) is 0 Å². The van der Waals surface area contributed by atoms with Crippen molar-refractivity contribution in [2.24, 2.45) is 0 Å². The molecule has 50 valence electrons. The summed E-state index contributed by atoms with van der Waals surface area (Å²) in [4.78, 5) is 1.84. The molecule has 0 saturated heterocycles. The van der Waals surface area contributed by atoms with Crippen LogP contribution in [0, 0.1) is 0 Å². The van der Waals surface area contributed by atoms with Gasteiger partial charge in [-0.05, 0) is 26.1 Å². The summed E-state index contributed by atoms with van der Waals surface area (Å²) >= 11 is 0. The molecule has 1 rings (SSSR count). The Hall–Kier alpha value is -0.560. The molecule has 0 N–H and O–H groups in total. The highest BCUT2D eigenvalue weighted by Crippen LogP contribution is 2.08. The first-order valence-electron chi connectivity index (χ1n) is 4.97. The molecule has 1 atom stereocenters. The van der Waals surface area contributed by atoms with Gasteiger partial charge < -0.3 is 4.90 Å². The fourth-order valence-electron chi connectivity index (χ4n) is 0.684. The number of allylic oxidation sites excluding steroid dienone is 2. The van der Waals surface area contributed by atoms with Gasteiger partial charge in [0.1, 0.15) is 0 Å². The van der Waals surface area contributed by atoms with Crippen LogP contribution in [0.2, 0.25) is 0 Å². The van der Waals surface area contributed by atoms with E-state index in [2.05, 4.69) is 0 Å². The molecule has 0 aliphatic heterocycles. The van der Waals surface area contributed by atoms with Gasteiger partial charge in [-0.2, -0.15) is 0 Å². The minimum atomic E-state index is -0.942. The molecule has 1 unspecified atom stereocenters. The molecule has 0 bridgehead atoms. The highest BCUT2D eigenvalue weighted by atomic mass is 15.0. The molecule has 9 heavy (non-hydrogen) atoms. The minimum Gasteiger partial charge on any atom is -0.305 e. The van der Waals surface area contributed by atoms with Crippen molar-refractivity contribution in [3.63, 3.8) is 0 Å². The van der Waals surface area contributed by atoms with Crippen LogP contribution in [0.25, 0.3) is 0 Å². The monoisotopic (exact) mass is 127 g/mol. The molecule has 0 aromatic heterocycles. The van der Waals surface area contributed by atoms with Gasteiger partial charge in [0.2, 0.25) is 0 Å². The number of nitrogens with zero attached hydrogens (tertiary/aromatic N) is 1. The molecule has 0 amide bonds. The average molecular weight is 127 g/mol. The SMILES string of the molecule is [2H]C1=C([2H])C([2H])C([2H])=C1CN(C)C. The van der Waals surface area contributed by atoms with Crippen LogP contribution in [0.15, 0.2) is 23.7 Å². The third-order valence-electron chi connectivity index (χ3n) is 1.02. The summed E-state index contributed by atoms with van der Waals surface area (Å²) in [7, 11) is 3.68. The molecule has 0 aromatic carbocycles. The lowest BCUT2D eigenvalue weighted by atomic mass is 10.3. The number of hydrogen-bond donors (Lipinski definition) is 0. The first-order chi connectivity index (χ1) is 5.95. The second kappa shape index (κ2) is 2.83. The molecule has 0 radical (unpaired) electrons. The van der Waals surface area contributed by atoms with E-state index in [0.29, 0.717) is 12.1 Å². The maximum absolute atomic E-state index is 7.53. The van der Waals surface area contributed by atoms with E-state index in [9.17, 15) is 0 Å². The predicted molar refractivity (Wildman–Crippen MR) is 40.4 cm³/mol. The Labute approximate surface area is 62.3 Å². The van der Waals surface area contributed by atoms with Crippen molar-refractivity contribution >= 4 is 0 Å². The molecule has 0 aromatic rings. The van der Waals surface area contributed by atoms with E-state index in [4.69, 9.17) is 5.48 Å². The number of likely N-dealkylation sites (N-methyl/N-ethyl adjacent to an activating group) is 1. The highest BCUT2D eigenvalue weighted by Gasteiger charge is 1.97. The Morgan fingerprint density at radius 3 is 3.11 bits per heavy atom. The molecular weight excluding hydrogens is 110 g/mol. The highest BCUT2D eigenvalue weighted by molar-refractivity contribution is 5.26. The number of hydrogen-bond acceptors (Lipinski definition) is 1. The van der Waals surface area contributed by atoms with Crippen molar-refractivity contribution in [1.29, 1.82) is 0 Å². The molecule has 0 spiro atoms. The van der Waals surface area contributed by atoms with Crippen molar-refractivity contribution in [2.45, 2.75) is 6.40 Å². The topological polar surface area (TPSA) is 3.24 Å². The maximum atomic E-state index is 7.53. The van der Waals surface area contributed by atoms with Crippen LogP contribution in [-0.4, -0.2) is 25.5 Å². The number of rotatable bonds is 2. The van der Waals surface area contributed by atoms with Crippen molar-refractivity contribution in [3.05, 3.63) is 23.7 Å². The zero-order valence-corrected chi connectivity index (χ0v) is 5.73. The maximum Gasteiger partial charge on any atom is 0.0623 e. The van der Waals surface area contributed by atoms with Gasteiger partial charge in [0.25, 0.3) is 0 Å². The van der Waals surface area contributed by atoms with Gasteiger partial charge in [-0.1, -0.05) is 18.2 Å². The lowest BCUT2D eigenvalue weighted by Crippen LogP contribution is -2.13. The summed E-state index contributed by atoms with van der Waals surface area (Å²) in [5.41, 5.74) is 0.509. The minimum absolute atomic E-state index is 0.0538. The third-order valence-corrected chi connectivity index (χ3v) is 1.02. The summed E-state index contributed by atoms with van der Waals surface area (Å²) < 4.78 is 29.8. The Kier molecular flexibility index (Phi) is 0.950. The lowest BCUT2D eigenvalue weighted by molar-refractivity contribution is 0.449. The van der Waals surface area contributed by atoms with Gasteiger partial charge >= 0.3 is 0 Å². The summed E-state index contributed by atoms with van der Waals surface area (Å²) in [6, 6.07) is 0.101. The van der Waals surface area contributed by atoms with E-state index in [1.807, 2.05) is 19.0 Å². The first kappa shape index (κ1) is 3.02. The van der Waals surface area contributed by atoms with E-state index >= 15 is 0 Å². The van der Waals surface area contributed by atoms with E-state index in [0.717, 1.165) is 0 Å². The van der Waals surface area contributed by atoms with Crippen molar-refractivity contribution in [1.82, 2.24) is 4.90 Å². The average Bonchev–Trinajstić information content (AvgIpc) is 2.22. The molecular formula is C8H13N. The smallest absolute Gasteiger partial charge is 0.0623 e. The predicted octanol–water partition coefficient (Wildman–Crippen LogP) is 1.43. The van der Waals surface area contributed by atoms with Crippen LogP contribution in [0.5, 0.6) is 0 Å². The Morgan fingerprint density at radius 2 is 2.67 bits per heavy atom. The third kappa shape index (κ3) is 2.02. The van der Waals surface area contributed by atoms with Gasteiger partial charge in [0.15, 0.2) is 0 Å². The van der Waals surface area contributed by atoms with Gasteiger partial charge in [0, 0.05) is 7.92 Å². The van der Waals surface area contributed by atoms with Crippen LogP contribution >= 0.6 is 0 Å². The first-order valence-corrected chi connectivity index (χ1v) is 2.89. The summed E-state index contributed by atoms with van der Waals surface area (Å²) in [5.74, 6) is 0. The van der Waals surface area contributed by atoms with Crippen LogP contribution in [0.3, 0.4) is 0 Å². The second-order valence-corrected chi connectivity index (χ2v) is 2.27. The largest absolute Gasteiger partial charge is 0.305 e. The van der Waals surface area contributed by atoms with Crippen molar-refractivity contribution in [2.75, 3.05) is 20.6 Å². The van der Waals surface area contributed by atoms with E-state index in [-0.39, 0.29) is 18.2 Å². The van der Waals surface area contributed by atoms with E-state index in [1.54, 1.807) is 0 Å². The Balaban J connectivity index is 2.94. The van der Waals surface area contributed by atoms with Gasteiger partial charge in [0.05, 0.1) is 4.11 Å². The van der Waals surface area contributed by atoms with Gasteiger partial charge in [-0.25, -0.2) is 0 Å². The normalized spacial score (nSPS) is 34.8. The summed E-state index contributed by atoms with van der Waals surface area (Å²) in [5, 5.41) is 0. The molecule has 0 saturated carbocycles. The summed E-state index contributed by atoms with van der Waals surface area (Å²) in [6.45, 7) is 0.468. The van der Waals surface area contributed by atoms with Gasteiger partial charge in [-0.15, -0.1) is 0 Å². The Bertz CT molecular complexity index is 280. The van der Waals surface area contributed by atoms with E-state index < -0.39 is 6.40 Å². The zero-order valence-electron chi connectivity index (χ0n) is 9.73. The molecule has 1 heteroatoms. The second-order valence-electron chi connectivity index (χ2n) is 2.27. The molecule has 0 fully saturated rings. The molecule has 1 aliphatic carbocycles. The van der Waals surface area contributed by atoms with Gasteiger partial charge in [-0.3, -0.25) is 0 Å². The fourth-order valence-corrected chi connectivity index (χ4v) is 0.684. The van der Waals surface area contributed by atoms with Crippen molar-refractivity contribution < 1.29 is 5.48 Å². The zero-order chi connectivity index (χ0) is 10.2. The Morgan fingerprint density at radius 1 is 1.89 bits per heavy atom. The summed E-state index contributed by atoms with van der Waals surface area (Å²) in [6.07, 6.45) is -0.942. The van der Waals surface area contributed by atoms with Crippen LogP contribution < -0.4 is 0 Å². The lowest BCUT2D eigenvalue weighted by Gasteiger charge is -2.07. The standard InChI is InChI=1S/C8H13N/c1-9(2)7-8-5-3-4-6-8/h3,5-6H,4,7H2,1-2H3/i3D,4D,5D,6D. The molecule has 1 aliphatic rings.